The Bertz CT molecular complexity index is 673. The first-order valence-corrected chi connectivity index (χ1v) is 8.01. The molecule has 1 aromatic carbocycles. The SMILES string of the molecule is COc1nsc(S(=O)(=O)Cc2cc(C)cc(C)c2)n1. The number of aryl methyl sites for hydroxylation is 2. The van der Waals surface area contributed by atoms with Gasteiger partial charge in [0.15, 0.2) is 0 Å². The number of hydrogen-bond donors (Lipinski definition) is 0. The monoisotopic (exact) mass is 298 g/mol. The molecule has 2 rings (SSSR count). The van der Waals surface area contributed by atoms with Crippen LogP contribution in [0, 0.1) is 13.8 Å². The predicted molar refractivity (Wildman–Crippen MR) is 73.3 cm³/mol. The van der Waals surface area contributed by atoms with Gasteiger partial charge in [0.1, 0.15) is 0 Å². The molecule has 102 valence electrons. The first kappa shape index (κ1) is 14.0. The average molecular weight is 298 g/mol. The van der Waals surface area contributed by atoms with Gasteiger partial charge in [-0.2, -0.15) is 4.98 Å². The summed E-state index contributed by atoms with van der Waals surface area (Å²) in [6.07, 6.45) is 0. The Labute approximate surface area is 116 Å². The van der Waals surface area contributed by atoms with E-state index in [9.17, 15) is 8.42 Å². The molecule has 0 aliphatic rings. The molecular weight excluding hydrogens is 284 g/mol. The highest BCUT2D eigenvalue weighted by Gasteiger charge is 2.21. The Morgan fingerprint density at radius 3 is 2.37 bits per heavy atom. The molecule has 0 aliphatic heterocycles. The molecule has 0 fully saturated rings. The second-order valence-electron chi connectivity index (χ2n) is 4.30. The largest absolute Gasteiger partial charge is 0.466 e. The molecule has 0 amide bonds. The Balaban J connectivity index is 2.30. The van der Waals surface area contributed by atoms with E-state index in [1.165, 1.54) is 7.11 Å². The maximum Gasteiger partial charge on any atom is 0.329 e. The number of methoxy groups -OCH3 is 1. The van der Waals surface area contributed by atoms with E-state index >= 15 is 0 Å². The molecule has 0 atom stereocenters. The van der Waals surface area contributed by atoms with Crippen molar-refractivity contribution in [1.82, 2.24) is 9.36 Å². The van der Waals surface area contributed by atoms with E-state index in [-0.39, 0.29) is 16.1 Å². The van der Waals surface area contributed by atoms with Crippen LogP contribution in [0.25, 0.3) is 0 Å². The molecular formula is C12H14N2O3S2. The Morgan fingerprint density at radius 1 is 1.21 bits per heavy atom. The summed E-state index contributed by atoms with van der Waals surface area (Å²) >= 11 is 0.835. The van der Waals surface area contributed by atoms with Crippen LogP contribution in [0.3, 0.4) is 0 Å². The van der Waals surface area contributed by atoms with Crippen LogP contribution in [0.15, 0.2) is 22.5 Å². The molecule has 0 saturated heterocycles. The lowest BCUT2D eigenvalue weighted by Crippen LogP contribution is -2.05. The van der Waals surface area contributed by atoms with E-state index in [1.54, 1.807) is 0 Å². The lowest BCUT2D eigenvalue weighted by Gasteiger charge is -2.04. The third-order valence-electron chi connectivity index (χ3n) is 2.48. The summed E-state index contributed by atoms with van der Waals surface area (Å²) in [6, 6.07) is 5.82. The number of aromatic nitrogens is 2. The average Bonchev–Trinajstić information content (AvgIpc) is 2.75. The van der Waals surface area contributed by atoms with Crippen LogP contribution in [0.4, 0.5) is 0 Å². The number of sulfone groups is 1. The third-order valence-corrected chi connectivity index (χ3v) is 5.29. The minimum Gasteiger partial charge on any atom is -0.466 e. The van der Waals surface area contributed by atoms with Crippen molar-refractivity contribution >= 4 is 21.4 Å². The molecule has 0 unspecified atom stereocenters. The summed E-state index contributed by atoms with van der Waals surface area (Å²) in [5.41, 5.74) is 2.84. The van der Waals surface area contributed by atoms with Crippen molar-refractivity contribution in [1.29, 1.82) is 0 Å². The van der Waals surface area contributed by atoms with E-state index in [0.717, 1.165) is 28.2 Å². The topological polar surface area (TPSA) is 69.2 Å². The number of rotatable bonds is 4. The van der Waals surface area contributed by atoms with Gasteiger partial charge in [0.2, 0.25) is 14.2 Å². The van der Waals surface area contributed by atoms with Gasteiger partial charge in [-0.05, 0) is 19.4 Å². The van der Waals surface area contributed by atoms with Gasteiger partial charge < -0.3 is 4.74 Å². The summed E-state index contributed by atoms with van der Waals surface area (Å²) in [6.45, 7) is 3.88. The van der Waals surface area contributed by atoms with Gasteiger partial charge in [-0.3, -0.25) is 0 Å². The first-order valence-electron chi connectivity index (χ1n) is 5.58. The quantitative estimate of drug-likeness (QED) is 0.865. The van der Waals surface area contributed by atoms with Crippen LogP contribution < -0.4 is 4.74 Å². The fourth-order valence-electron chi connectivity index (χ4n) is 1.84. The van der Waals surface area contributed by atoms with Crippen LogP contribution in [-0.2, 0) is 15.6 Å². The van der Waals surface area contributed by atoms with Crippen molar-refractivity contribution < 1.29 is 13.2 Å². The van der Waals surface area contributed by atoms with Crippen molar-refractivity contribution in [2.24, 2.45) is 0 Å². The number of hydrogen-bond acceptors (Lipinski definition) is 6. The highest BCUT2D eigenvalue weighted by molar-refractivity contribution is 7.92. The minimum atomic E-state index is -3.47. The van der Waals surface area contributed by atoms with Gasteiger partial charge in [0.25, 0.3) is 0 Å². The van der Waals surface area contributed by atoms with Crippen LogP contribution in [0.5, 0.6) is 6.01 Å². The molecule has 0 aliphatic carbocycles. The van der Waals surface area contributed by atoms with E-state index in [4.69, 9.17) is 4.74 Å². The van der Waals surface area contributed by atoms with Gasteiger partial charge in [-0.15, -0.1) is 4.37 Å². The second-order valence-corrected chi connectivity index (χ2v) is 7.22. The zero-order valence-corrected chi connectivity index (χ0v) is 12.5. The van der Waals surface area contributed by atoms with Crippen molar-refractivity contribution in [2.45, 2.75) is 23.9 Å². The van der Waals surface area contributed by atoms with E-state index < -0.39 is 9.84 Å². The predicted octanol–water partition coefficient (Wildman–Crippen LogP) is 2.14. The molecule has 0 radical (unpaired) electrons. The van der Waals surface area contributed by atoms with Crippen LogP contribution in [0.2, 0.25) is 0 Å². The third kappa shape index (κ3) is 3.30. The van der Waals surface area contributed by atoms with Crippen molar-refractivity contribution in [3.05, 3.63) is 34.9 Å². The molecule has 0 bridgehead atoms. The molecule has 0 spiro atoms. The zero-order chi connectivity index (χ0) is 14.0. The molecule has 0 saturated carbocycles. The van der Waals surface area contributed by atoms with Crippen molar-refractivity contribution in [2.75, 3.05) is 7.11 Å². The highest BCUT2D eigenvalue weighted by Crippen LogP contribution is 2.21. The first-order chi connectivity index (χ1) is 8.90. The van der Waals surface area contributed by atoms with Gasteiger partial charge in [-0.1, -0.05) is 29.3 Å². The Kier molecular flexibility index (Phi) is 3.86. The van der Waals surface area contributed by atoms with E-state index in [0.29, 0.717) is 0 Å². The van der Waals surface area contributed by atoms with Gasteiger partial charge >= 0.3 is 6.01 Å². The standard InChI is InChI=1S/C12H14N2O3S2/c1-8-4-9(2)6-10(5-8)7-19(15,16)12-13-11(17-3)14-18-12/h4-6H,7H2,1-3H3. The lowest BCUT2D eigenvalue weighted by molar-refractivity contribution is 0.383. The molecule has 1 aromatic heterocycles. The number of benzene rings is 1. The highest BCUT2D eigenvalue weighted by atomic mass is 32.2. The molecule has 19 heavy (non-hydrogen) atoms. The Hall–Kier alpha value is -1.47. The minimum absolute atomic E-state index is 0.0106. The lowest BCUT2D eigenvalue weighted by atomic mass is 10.1. The smallest absolute Gasteiger partial charge is 0.329 e. The van der Waals surface area contributed by atoms with Crippen LogP contribution in [0.1, 0.15) is 16.7 Å². The molecule has 5 nitrogen and oxygen atoms in total. The maximum atomic E-state index is 12.2. The second kappa shape index (κ2) is 5.26. The summed E-state index contributed by atoms with van der Waals surface area (Å²) in [7, 11) is -2.07. The van der Waals surface area contributed by atoms with E-state index in [1.807, 2.05) is 32.0 Å². The summed E-state index contributed by atoms with van der Waals surface area (Å²) in [5, 5.41) is 0. The summed E-state index contributed by atoms with van der Waals surface area (Å²) in [5.74, 6) is -0.0755. The summed E-state index contributed by atoms with van der Waals surface area (Å²) < 4.78 is 33.0. The fraction of sp³-hybridized carbons (Fsp3) is 0.333. The summed E-state index contributed by atoms with van der Waals surface area (Å²) in [4.78, 5) is 3.84. The van der Waals surface area contributed by atoms with Gasteiger partial charge in [-0.25, -0.2) is 8.42 Å². The fourth-order valence-corrected chi connectivity index (χ4v) is 3.92. The molecule has 1 heterocycles. The van der Waals surface area contributed by atoms with Gasteiger partial charge in [0.05, 0.1) is 12.9 Å². The van der Waals surface area contributed by atoms with Crippen molar-refractivity contribution in [3.63, 3.8) is 0 Å². The zero-order valence-electron chi connectivity index (χ0n) is 10.9. The van der Waals surface area contributed by atoms with Crippen LogP contribution >= 0.6 is 11.5 Å². The van der Waals surface area contributed by atoms with Crippen molar-refractivity contribution in [3.8, 4) is 6.01 Å². The number of ether oxygens (including phenoxy) is 1. The van der Waals surface area contributed by atoms with Gasteiger partial charge in [0, 0.05) is 11.5 Å². The van der Waals surface area contributed by atoms with Crippen LogP contribution in [-0.4, -0.2) is 24.9 Å². The molecule has 0 N–H and O–H groups in total. The van der Waals surface area contributed by atoms with E-state index in [2.05, 4.69) is 9.36 Å². The number of nitrogens with zero attached hydrogens (tertiary/aromatic N) is 2. The maximum absolute atomic E-state index is 12.2. The molecule has 2 aromatic rings. The Morgan fingerprint density at radius 2 is 1.84 bits per heavy atom. The normalized spacial score (nSPS) is 11.5. The molecule has 7 heteroatoms.